The number of anilines is 2. The first-order chi connectivity index (χ1) is 18.5. The zero-order valence-corrected chi connectivity index (χ0v) is 22.8. The van der Waals surface area contributed by atoms with Crippen LogP contribution in [-0.2, 0) is 0 Å². The third-order valence-electron chi connectivity index (χ3n) is 7.73. The van der Waals surface area contributed by atoms with Crippen molar-refractivity contribution in [2.75, 3.05) is 75.2 Å². The molecule has 0 spiro atoms. The fraction of sp³-hybridized carbons (Fsp3) is 0.379. The van der Waals surface area contributed by atoms with Gasteiger partial charge in [-0.05, 0) is 48.5 Å². The van der Waals surface area contributed by atoms with Gasteiger partial charge in [0.05, 0.1) is 17.1 Å². The number of fused-ring (bicyclic) bond motifs is 2. The molecular weight excluding hydrogens is 519 g/mol. The molecule has 2 aliphatic rings. The normalized spacial score (nSPS) is 17.7. The predicted molar refractivity (Wildman–Crippen MR) is 157 cm³/mol. The Morgan fingerprint density at radius 3 is 1.47 bits per heavy atom. The molecule has 4 heterocycles. The molecule has 198 valence electrons. The Kier molecular flexibility index (Phi) is 7.54. The summed E-state index contributed by atoms with van der Waals surface area (Å²) in [6.07, 6.45) is 3.36. The predicted octanol–water partition coefficient (Wildman–Crippen LogP) is 4.39. The summed E-state index contributed by atoms with van der Waals surface area (Å²) in [5, 5.41) is 14.6. The summed E-state index contributed by atoms with van der Waals surface area (Å²) in [6, 6.07) is 16.0. The maximum Gasteiger partial charge on any atom is 0.0793 e. The van der Waals surface area contributed by atoms with E-state index in [1.807, 2.05) is 36.7 Å². The highest BCUT2D eigenvalue weighted by Gasteiger charge is 2.24. The number of piperazine rings is 2. The van der Waals surface area contributed by atoms with Crippen LogP contribution in [0.1, 0.15) is 0 Å². The van der Waals surface area contributed by atoms with Crippen LogP contribution < -0.4 is 9.80 Å². The smallest absolute Gasteiger partial charge is 0.0793 e. The van der Waals surface area contributed by atoms with Gasteiger partial charge in [-0.25, -0.2) is 0 Å². The monoisotopic (exact) mass is 550 g/mol. The van der Waals surface area contributed by atoms with Gasteiger partial charge in [0.2, 0.25) is 0 Å². The van der Waals surface area contributed by atoms with Gasteiger partial charge in [-0.2, -0.15) is 0 Å². The molecule has 0 radical (unpaired) electrons. The van der Waals surface area contributed by atoms with Crippen molar-refractivity contribution in [3.8, 4) is 0 Å². The number of hydrogen-bond donors (Lipinski definition) is 1. The molecular formula is C29H32Cl2N6O. The first-order valence-corrected chi connectivity index (χ1v) is 14.0. The molecule has 6 rings (SSSR count). The summed E-state index contributed by atoms with van der Waals surface area (Å²) in [5.41, 5.74) is 4.26. The summed E-state index contributed by atoms with van der Waals surface area (Å²) in [5.74, 6) is 0. The lowest BCUT2D eigenvalue weighted by molar-refractivity contribution is 0.0697. The molecule has 2 aromatic heterocycles. The summed E-state index contributed by atoms with van der Waals surface area (Å²) >= 11 is 12.3. The second-order valence-corrected chi connectivity index (χ2v) is 11.1. The van der Waals surface area contributed by atoms with E-state index in [0.717, 1.165) is 74.2 Å². The lowest BCUT2D eigenvalue weighted by atomic mass is 10.1. The van der Waals surface area contributed by atoms with Crippen LogP contribution in [0.15, 0.2) is 60.9 Å². The van der Waals surface area contributed by atoms with Crippen LogP contribution in [0, 0.1) is 0 Å². The number of aromatic nitrogens is 2. The largest absolute Gasteiger partial charge is 0.390 e. The molecule has 0 aliphatic carbocycles. The van der Waals surface area contributed by atoms with Crippen molar-refractivity contribution in [2.45, 2.75) is 6.10 Å². The lowest BCUT2D eigenvalue weighted by Crippen LogP contribution is -2.52. The van der Waals surface area contributed by atoms with Crippen LogP contribution in [0.3, 0.4) is 0 Å². The van der Waals surface area contributed by atoms with Gasteiger partial charge in [0, 0.05) is 110 Å². The fourth-order valence-corrected chi connectivity index (χ4v) is 6.09. The first-order valence-electron chi connectivity index (χ1n) is 13.2. The summed E-state index contributed by atoms with van der Waals surface area (Å²) in [4.78, 5) is 18.5. The number of pyridine rings is 2. The zero-order chi connectivity index (χ0) is 26.1. The lowest BCUT2D eigenvalue weighted by Gasteiger charge is -2.39. The molecule has 0 amide bonds. The molecule has 1 N–H and O–H groups in total. The topological polar surface area (TPSA) is 59.0 Å². The van der Waals surface area contributed by atoms with E-state index >= 15 is 0 Å². The van der Waals surface area contributed by atoms with Crippen LogP contribution in [0.4, 0.5) is 11.4 Å². The molecule has 2 aromatic carbocycles. The van der Waals surface area contributed by atoms with Crippen LogP contribution >= 0.6 is 23.2 Å². The summed E-state index contributed by atoms with van der Waals surface area (Å²) < 4.78 is 0. The Hall–Kier alpha value is -2.68. The maximum absolute atomic E-state index is 10.9. The fourth-order valence-electron chi connectivity index (χ4n) is 5.76. The molecule has 0 atom stereocenters. The van der Waals surface area contributed by atoms with Crippen LogP contribution in [0.25, 0.3) is 21.8 Å². The minimum Gasteiger partial charge on any atom is -0.390 e. The molecule has 2 aliphatic heterocycles. The van der Waals surface area contributed by atoms with E-state index < -0.39 is 0 Å². The van der Waals surface area contributed by atoms with Crippen LogP contribution in [0.5, 0.6) is 0 Å². The Bertz CT molecular complexity index is 1310. The molecule has 7 nitrogen and oxygen atoms in total. The third-order valence-corrected chi connectivity index (χ3v) is 8.20. The Morgan fingerprint density at radius 1 is 0.632 bits per heavy atom. The van der Waals surface area contributed by atoms with E-state index in [0.29, 0.717) is 23.1 Å². The highest BCUT2D eigenvalue weighted by molar-refractivity contribution is 6.31. The van der Waals surface area contributed by atoms with E-state index in [1.165, 1.54) is 11.4 Å². The van der Waals surface area contributed by atoms with Gasteiger partial charge in [-0.1, -0.05) is 23.2 Å². The minimum absolute atomic E-state index is 0.360. The van der Waals surface area contributed by atoms with E-state index in [-0.39, 0.29) is 6.10 Å². The van der Waals surface area contributed by atoms with Gasteiger partial charge in [0.15, 0.2) is 0 Å². The van der Waals surface area contributed by atoms with Crippen molar-refractivity contribution in [1.29, 1.82) is 0 Å². The molecule has 38 heavy (non-hydrogen) atoms. The number of hydrogen-bond acceptors (Lipinski definition) is 7. The van der Waals surface area contributed by atoms with Crippen LogP contribution in [0.2, 0.25) is 10.0 Å². The number of halogens is 2. The zero-order valence-electron chi connectivity index (χ0n) is 21.3. The molecule has 2 fully saturated rings. The average molecular weight is 552 g/mol. The number of aliphatic hydroxyl groups is 1. The van der Waals surface area contributed by atoms with Crippen molar-refractivity contribution in [3.63, 3.8) is 0 Å². The number of rotatable bonds is 6. The van der Waals surface area contributed by atoms with Gasteiger partial charge in [0.1, 0.15) is 0 Å². The van der Waals surface area contributed by atoms with E-state index in [1.54, 1.807) is 0 Å². The quantitative estimate of drug-likeness (QED) is 0.382. The third kappa shape index (κ3) is 5.53. The number of aliphatic hydroxyl groups excluding tert-OH is 1. The van der Waals surface area contributed by atoms with Crippen molar-refractivity contribution in [2.24, 2.45) is 0 Å². The molecule has 0 saturated carbocycles. The van der Waals surface area contributed by atoms with Crippen molar-refractivity contribution in [3.05, 3.63) is 71.0 Å². The van der Waals surface area contributed by atoms with Crippen molar-refractivity contribution in [1.82, 2.24) is 19.8 Å². The van der Waals surface area contributed by atoms with Crippen molar-refractivity contribution >= 4 is 56.4 Å². The highest BCUT2D eigenvalue weighted by atomic mass is 35.5. The second kappa shape index (κ2) is 11.2. The Morgan fingerprint density at radius 2 is 1.05 bits per heavy atom. The minimum atomic E-state index is -0.360. The van der Waals surface area contributed by atoms with Gasteiger partial charge in [-0.15, -0.1) is 0 Å². The van der Waals surface area contributed by atoms with Gasteiger partial charge in [-0.3, -0.25) is 19.8 Å². The van der Waals surface area contributed by atoms with Gasteiger partial charge >= 0.3 is 0 Å². The molecule has 9 heteroatoms. The summed E-state index contributed by atoms with van der Waals surface area (Å²) in [7, 11) is 0. The average Bonchev–Trinajstić information content (AvgIpc) is 2.93. The van der Waals surface area contributed by atoms with E-state index in [2.05, 4.69) is 53.8 Å². The maximum atomic E-state index is 10.9. The molecule has 2 saturated heterocycles. The second-order valence-electron chi connectivity index (χ2n) is 10.2. The summed E-state index contributed by atoms with van der Waals surface area (Å²) in [6.45, 7) is 8.85. The molecule has 4 aromatic rings. The molecule has 0 unspecified atom stereocenters. The first kappa shape index (κ1) is 25.6. The molecule has 0 bridgehead atoms. The number of nitrogens with zero attached hydrogens (tertiary/aromatic N) is 6. The number of β-amino-alcohol motifs (C(OH)–C–C–N with tert-alkyl or cyclic N) is 1. The van der Waals surface area contributed by atoms with Crippen LogP contribution in [-0.4, -0.2) is 96.4 Å². The standard InChI is InChI=1S/C29H32Cl2N6O/c30-21-1-3-24-26(17-21)32-7-5-28(24)36-13-9-34(10-14-36)19-23(38)20-35-11-15-37(16-12-35)29-6-8-33-27-18-22(31)2-4-25(27)29/h1-8,17-18,23,38H,9-16,19-20H2. The number of benzene rings is 2. The van der Waals surface area contributed by atoms with E-state index in [4.69, 9.17) is 23.2 Å². The van der Waals surface area contributed by atoms with E-state index in [9.17, 15) is 5.11 Å². The Balaban J connectivity index is 0.992. The SMILES string of the molecule is OC(CN1CCN(c2ccnc3cc(Cl)ccc23)CC1)CN1CCN(c2ccnc3cc(Cl)ccc23)CC1. The van der Waals surface area contributed by atoms with Crippen molar-refractivity contribution < 1.29 is 5.11 Å². The highest BCUT2D eigenvalue weighted by Crippen LogP contribution is 2.29. The van der Waals surface area contributed by atoms with Gasteiger partial charge < -0.3 is 14.9 Å². The Labute approximate surface area is 233 Å². The van der Waals surface area contributed by atoms with Gasteiger partial charge in [0.25, 0.3) is 0 Å².